The number of ether oxygens (including phenoxy) is 1. The minimum Gasteiger partial charge on any atom is -0.490 e. The topological polar surface area (TPSA) is 61.0 Å². The Morgan fingerprint density at radius 2 is 1.96 bits per heavy atom. The van der Waals surface area contributed by atoms with Gasteiger partial charge in [-0.05, 0) is 49.9 Å². The van der Waals surface area contributed by atoms with Crippen LogP contribution in [0.25, 0.3) is 22.2 Å². The molecule has 0 radical (unpaired) electrons. The number of hydrogen-bond acceptors (Lipinski definition) is 4. The summed E-state index contributed by atoms with van der Waals surface area (Å²) in [6, 6.07) is 11.8. The normalized spacial score (nSPS) is 13.7. The Kier molecular flexibility index (Phi) is 5.68. The molecular weight excluding hydrogens is 358 g/mol. The van der Waals surface area contributed by atoms with Crippen molar-refractivity contribution in [3.63, 3.8) is 0 Å². The Hall–Kier alpha value is -2.17. The van der Waals surface area contributed by atoms with Gasteiger partial charge in [0.25, 0.3) is 0 Å². The van der Waals surface area contributed by atoms with Crippen LogP contribution in [0.5, 0.6) is 5.75 Å². The molecule has 0 amide bonds. The number of nitrogens with two attached hydrogens (primary N) is 1. The van der Waals surface area contributed by atoms with Gasteiger partial charge in [-0.3, -0.25) is 4.98 Å². The Morgan fingerprint density at radius 1 is 1.22 bits per heavy atom. The summed E-state index contributed by atoms with van der Waals surface area (Å²) in [5.74, 6) is 1.28. The zero-order chi connectivity index (χ0) is 19.6. The van der Waals surface area contributed by atoms with Gasteiger partial charge in [0.1, 0.15) is 17.5 Å². The van der Waals surface area contributed by atoms with Gasteiger partial charge in [-0.1, -0.05) is 43.6 Å². The number of aryl methyl sites for hydroxylation is 1. The maximum absolute atomic E-state index is 6.35. The lowest BCUT2D eigenvalue weighted by molar-refractivity contribution is 0.205. The van der Waals surface area contributed by atoms with Crippen molar-refractivity contribution in [3.8, 4) is 17.0 Å². The van der Waals surface area contributed by atoms with E-state index in [1.54, 1.807) is 6.20 Å². The van der Waals surface area contributed by atoms with Crippen molar-refractivity contribution in [2.24, 2.45) is 11.7 Å². The van der Waals surface area contributed by atoms with E-state index in [4.69, 9.17) is 22.1 Å². The summed E-state index contributed by atoms with van der Waals surface area (Å²) >= 11 is 6.21. The van der Waals surface area contributed by atoms with E-state index in [0.29, 0.717) is 17.7 Å². The third-order valence-electron chi connectivity index (χ3n) is 4.46. The van der Waals surface area contributed by atoms with Crippen molar-refractivity contribution >= 4 is 22.5 Å². The molecule has 2 aromatic heterocycles. The first-order valence-electron chi connectivity index (χ1n) is 9.19. The molecule has 1 aromatic carbocycles. The molecule has 0 aliphatic rings. The molecule has 2 N–H and O–H groups in total. The summed E-state index contributed by atoms with van der Waals surface area (Å²) in [6.07, 6.45) is 2.66. The van der Waals surface area contributed by atoms with Crippen LogP contribution in [-0.2, 0) is 0 Å². The molecule has 0 saturated heterocycles. The van der Waals surface area contributed by atoms with Crippen LogP contribution in [0.3, 0.4) is 0 Å². The van der Waals surface area contributed by atoms with Crippen LogP contribution in [0.4, 0.5) is 0 Å². The van der Waals surface area contributed by atoms with Gasteiger partial charge >= 0.3 is 0 Å². The number of pyridine rings is 2. The van der Waals surface area contributed by atoms with Crippen LogP contribution >= 0.6 is 11.6 Å². The number of hydrogen-bond donors (Lipinski definition) is 1. The van der Waals surface area contributed by atoms with E-state index in [0.717, 1.165) is 39.9 Å². The lowest BCUT2D eigenvalue weighted by Crippen LogP contribution is -2.43. The molecule has 27 heavy (non-hydrogen) atoms. The van der Waals surface area contributed by atoms with E-state index in [9.17, 15) is 0 Å². The fraction of sp³-hybridized carbons (Fsp3) is 0.364. The highest BCUT2D eigenvalue weighted by molar-refractivity contribution is 6.30. The Morgan fingerprint density at radius 3 is 2.67 bits per heavy atom. The lowest BCUT2D eigenvalue weighted by Gasteiger charge is -2.27. The highest BCUT2D eigenvalue weighted by atomic mass is 35.5. The molecule has 3 rings (SSSR count). The zero-order valence-electron chi connectivity index (χ0n) is 16.3. The predicted molar refractivity (Wildman–Crippen MR) is 112 cm³/mol. The quantitative estimate of drug-likeness (QED) is 0.579. The van der Waals surface area contributed by atoms with Gasteiger partial charge in [0.2, 0.25) is 0 Å². The number of aromatic nitrogens is 2. The number of halogens is 1. The summed E-state index contributed by atoms with van der Waals surface area (Å²) in [6.45, 7) is 8.82. The third-order valence-corrected chi connectivity index (χ3v) is 4.65. The number of rotatable bonds is 6. The largest absolute Gasteiger partial charge is 0.490 e. The van der Waals surface area contributed by atoms with Gasteiger partial charge in [0, 0.05) is 16.5 Å². The van der Waals surface area contributed by atoms with E-state index in [1.807, 2.05) is 50.2 Å². The van der Waals surface area contributed by atoms with Gasteiger partial charge < -0.3 is 10.5 Å². The average molecular weight is 384 g/mol. The standard InChI is InChI=1S/C22H26ClN3O/c1-14(2)11-22(4,24)13-27-20-12-25-19(9-15(20)3)17-10-21(23)26-18-8-6-5-7-16(17)18/h5-10,12,14H,11,13,24H2,1-4H3/t22-/m0/s1. The summed E-state index contributed by atoms with van der Waals surface area (Å²) < 4.78 is 5.98. The van der Waals surface area contributed by atoms with Crippen LogP contribution in [0, 0.1) is 12.8 Å². The van der Waals surface area contributed by atoms with E-state index < -0.39 is 0 Å². The molecular formula is C22H26ClN3O. The molecule has 0 spiro atoms. The van der Waals surface area contributed by atoms with Gasteiger partial charge in [0.15, 0.2) is 0 Å². The minimum absolute atomic E-state index is 0.367. The first-order chi connectivity index (χ1) is 12.7. The smallest absolute Gasteiger partial charge is 0.140 e. The Bertz CT molecular complexity index is 953. The van der Waals surface area contributed by atoms with Crippen LogP contribution < -0.4 is 10.5 Å². The predicted octanol–water partition coefficient (Wildman–Crippen LogP) is 5.40. The van der Waals surface area contributed by atoms with E-state index in [-0.39, 0.29) is 5.54 Å². The highest BCUT2D eigenvalue weighted by Crippen LogP contribution is 2.31. The molecule has 0 aliphatic heterocycles. The summed E-state index contributed by atoms with van der Waals surface area (Å²) in [5, 5.41) is 1.48. The number of nitrogens with zero attached hydrogens (tertiary/aromatic N) is 2. The molecule has 0 bridgehead atoms. The van der Waals surface area contributed by atoms with Gasteiger partial charge in [-0.15, -0.1) is 0 Å². The van der Waals surface area contributed by atoms with Crippen molar-refractivity contribution in [1.82, 2.24) is 9.97 Å². The zero-order valence-corrected chi connectivity index (χ0v) is 17.0. The second-order valence-electron chi connectivity index (χ2n) is 7.89. The van der Waals surface area contributed by atoms with Crippen molar-refractivity contribution in [3.05, 3.63) is 53.3 Å². The fourth-order valence-corrected chi connectivity index (χ4v) is 3.63. The molecule has 0 fully saturated rings. The molecule has 0 unspecified atom stereocenters. The van der Waals surface area contributed by atoms with Crippen molar-refractivity contribution in [2.75, 3.05) is 6.61 Å². The van der Waals surface area contributed by atoms with Gasteiger partial charge in [-0.2, -0.15) is 0 Å². The van der Waals surface area contributed by atoms with Crippen LogP contribution in [0.1, 0.15) is 32.8 Å². The maximum atomic E-state index is 6.35. The molecule has 2 heterocycles. The summed E-state index contributed by atoms with van der Waals surface area (Å²) in [4.78, 5) is 8.99. The molecule has 3 aromatic rings. The molecule has 5 heteroatoms. The van der Waals surface area contributed by atoms with Crippen LogP contribution in [-0.4, -0.2) is 22.1 Å². The van der Waals surface area contributed by atoms with E-state index >= 15 is 0 Å². The average Bonchev–Trinajstić information content (AvgIpc) is 2.58. The molecule has 142 valence electrons. The van der Waals surface area contributed by atoms with E-state index in [1.165, 1.54) is 0 Å². The van der Waals surface area contributed by atoms with Crippen LogP contribution in [0.2, 0.25) is 5.15 Å². The summed E-state index contributed by atoms with van der Waals surface area (Å²) in [7, 11) is 0. The van der Waals surface area contributed by atoms with Crippen molar-refractivity contribution in [2.45, 2.75) is 39.7 Å². The molecule has 1 atom stereocenters. The second kappa shape index (κ2) is 7.83. The monoisotopic (exact) mass is 383 g/mol. The first-order valence-corrected chi connectivity index (χ1v) is 9.57. The number of benzene rings is 1. The third kappa shape index (κ3) is 4.76. The maximum Gasteiger partial charge on any atom is 0.140 e. The first kappa shape index (κ1) is 19.6. The summed E-state index contributed by atoms with van der Waals surface area (Å²) in [5.41, 5.74) is 9.65. The number of fused-ring (bicyclic) bond motifs is 1. The molecule has 0 aliphatic carbocycles. The van der Waals surface area contributed by atoms with E-state index in [2.05, 4.69) is 23.8 Å². The Labute approximate surface area is 165 Å². The molecule has 4 nitrogen and oxygen atoms in total. The van der Waals surface area contributed by atoms with Crippen molar-refractivity contribution in [1.29, 1.82) is 0 Å². The Balaban J connectivity index is 1.88. The minimum atomic E-state index is -0.367. The van der Waals surface area contributed by atoms with Crippen molar-refractivity contribution < 1.29 is 4.74 Å². The second-order valence-corrected chi connectivity index (χ2v) is 8.27. The van der Waals surface area contributed by atoms with Crippen LogP contribution in [0.15, 0.2) is 42.6 Å². The van der Waals surface area contributed by atoms with Gasteiger partial charge in [-0.25, -0.2) is 4.98 Å². The lowest BCUT2D eigenvalue weighted by atomic mass is 9.93. The highest BCUT2D eigenvalue weighted by Gasteiger charge is 2.21. The molecule has 0 saturated carbocycles. The SMILES string of the molecule is Cc1cc(-c2cc(Cl)nc3ccccc23)ncc1OC[C@@](C)(N)CC(C)C. The fourth-order valence-electron chi connectivity index (χ4n) is 3.43. The number of para-hydroxylation sites is 1. The van der Waals surface area contributed by atoms with Gasteiger partial charge in [0.05, 0.1) is 17.4 Å².